The summed E-state index contributed by atoms with van der Waals surface area (Å²) in [5.74, 6) is -0.154. The lowest BCUT2D eigenvalue weighted by atomic mass is 9.89. The van der Waals surface area contributed by atoms with Gasteiger partial charge in [0, 0.05) is 6.54 Å². The fourth-order valence-electron chi connectivity index (χ4n) is 2.50. The standard InChI is InChI=1S/C20H25NO/c1-4-5-14-21-20(22)19(17-10-6-15(2)7-11-17)18-12-8-16(3)9-13-18/h6-13,19H,4-5,14H2,1-3H3,(H,21,22). The van der Waals surface area contributed by atoms with Crippen molar-refractivity contribution < 1.29 is 4.79 Å². The highest BCUT2D eigenvalue weighted by molar-refractivity contribution is 5.87. The first kappa shape index (κ1) is 16.3. The lowest BCUT2D eigenvalue weighted by molar-refractivity contribution is -0.121. The van der Waals surface area contributed by atoms with Gasteiger partial charge in [0.1, 0.15) is 0 Å². The molecular formula is C20H25NO. The Bertz CT molecular complexity index is 553. The molecular weight excluding hydrogens is 270 g/mol. The second kappa shape index (κ2) is 7.79. The molecule has 116 valence electrons. The van der Waals surface area contributed by atoms with Crippen LogP contribution in [0, 0.1) is 13.8 Å². The number of benzene rings is 2. The first-order valence-corrected chi connectivity index (χ1v) is 8.02. The Kier molecular flexibility index (Phi) is 5.76. The highest BCUT2D eigenvalue weighted by Crippen LogP contribution is 2.25. The van der Waals surface area contributed by atoms with Gasteiger partial charge in [0.05, 0.1) is 5.92 Å². The van der Waals surface area contributed by atoms with E-state index in [0.29, 0.717) is 0 Å². The van der Waals surface area contributed by atoms with Gasteiger partial charge in [-0.3, -0.25) is 4.79 Å². The minimum absolute atomic E-state index is 0.0844. The zero-order valence-corrected chi connectivity index (χ0v) is 13.7. The van der Waals surface area contributed by atoms with Crippen LogP contribution in [0.3, 0.4) is 0 Å². The number of amides is 1. The summed E-state index contributed by atoms with van der Waals surface area (Å²) in [6.07, 6.45) is 2.10. The normalized spacial score (nSPS) is 10.7. The number of nitrogens with one attached hydrogen (secondary N) is 1. The largest absolute Gasteiger partial charge is 0.355 e. The van der Waals surface area contributed by atoms with Crippen molar-refractivity contribution in [1.29, 1.82) is 0 Å². The van der Waals surface area contributed by atoms with Gasteiger partial charge in [0.15, 0.2) is 0 Å². The first-order chi connectivity index (χ1) is 10.6. The van der Waals surface area contributed by atoms with Gasteiger partial charge in [-0.25, -0.2) is 0 Å². The van der Waals surface area contributed by atoms with Gasteiger partial charge in [0.25, 0.3) is 0 Å². The van der Waals surface area contributed by atoms with E-state index in [1.807, 2.05) is 0 Å². The Labute approximate surface area is 133 Å². The number of carbonyl (C=O) groups excluding carboxylic acids is 1. The van der Waals surface area contributed by atoms with Gasteiger partial charge in [-0.2, -0.15) is 0 Å². The van der Waals surface area contributed by atoms with Gasteiger partial charge in [-0.15, -0.1) is 0 Å². The molecule has 0 aliphatic carbocycles. The van der Waals surface area contributed by atoms with E-state index in [4.69, 9.17) is 0 Å². The van der Waals surface area contributed by atoms with Crippen LogP contribution >= 0.6 is 0 Å². The average molecular weight is 295 g/mol. The SMILES string of the molecule is CCCCNC(=O)C(c1ccc(C)cc1)c1ccc(C)cc1. The minimum Gasteiger partial charge on any atom is -0.355 e. The zero-order valence-electron chi connectivity index (χ0n) is 13.7. The Balaban J connectivity index is 2.29. The van der Waals surface area contributed by atoms with Crippen molar-refractivity contribution in [1.82, 2.24) is 5.32 Å². The fraction of sp³-hybridized carbons (Fsp3) is 0.350. The van der Waals surface area contributed by atoms with Gasteiger partial charge in [-0.1, -0.05) is 73.0 Å². The summed E-state index contributed by atoms with van der Waals surface area (Å²) in [7, 11) is 0. The first-order valence-electron chi connectivity index (χ1n) is 8.02. The van der Waals surface area contributed by atoms with Gasteiger partial charge >= 0.3 is 0 Å². The number of carbonyl (C=O) groups is 1. The predicted octanol–water partition coefficient (Wildman–Crippen LogP) is 4.35. The molecule has 0 fully saturated rings. The molecule has 0 bridgehead atoms. The second-order valence-electron chi connectivity index (χ2n) is 5.90. The van der Waals surface area contributed by atoms with Crippen molar-refractivity contribution in [3.8, 4) is 0 Å². The summed E-state index contributed by atoms with van der Waals surface area (Å²) in [5, 5.41) is 3.07. The van der Waals surface area contributed by atoms with Crippen molar-refractivity contribution >= 4 is 5.91 Å². The van der Waals surface area contributed by atoms with Crippen LogP contribution in [0.2, 0.25) is 0 Å². The van der Waals surface area contributed by atoms with Gasteiger partial charge in [-0.05, 0) is 31.4 Å². The van der Waals surface area contributed by atoms with Crippen LogP contribution in [0.5, 0.6) is 0 Å². The molecule has 0 unspecified atom stereocenters. The van der Waals surface area contributed by atoms with Crippen molar-refractivity contribution in [2.75, 3.05) is 6.54 Å². The molecule has 0 aliphatic heterocycles. The third-order valence-electron chi connectivity index (χ3n) is 3.91. The Morgan fingerprint density at radius 1 is 0.909 bits per heavy atom. The van der Waals surface area contributed by atoms with E-state index in [-0.39, 0.29) is 11.8 Å². The topological polar surface area (TPSA) is 29.1 Å². The maximum atomic E-state index is 12.7. The molecule has 0 atom stereocenters. The Morgan fingerprint density at radius 3 is 1.77 bits per heavy atom. The molecule has 0 aliphatic rings. The molecule has 1 amide bonds. The smallest absolute Gasteiger partial charge is 0.232 e. The van der Waals surface area contributed by atoms with E-state index in [1.54, 1.807) is 0 Å². The molecule has 2 rings (SSSR count). The predicted molar refractivity (Wildman–Crippen MR) is 92.1 cm³/mol. The lowest BCUT2D eigenvalue weighted by Crippen LogP contribution is -2.30. The molecule has 2 nitrogen and oxygen atoms in total. The number of unbranched alkanes of at least 4 members (excludes halogenated alkanes) is 1. The summed E-state index contributed by atoms with van der Waals surface area (Å²) in [5.41, 5.74) is 4.50. The summed E-state index contributed by atoms with van der Waals surface area (Å²) in [4.78, 5) is 12.7. The second-order valence-corrected chi connectivity index (χ2v) is 5.90. The van der Waals surface area contributed by atoms with Crippen LogP contribution in [0.25, 0.3) is 0 Å². The van der Waals surface area contributed by atoms with Crippen molar-refractivity contribution in [2.24, 2.45) is 0 Å². The highest BCUT2D eigenvalue weighted by atomic mass is 16.1. The minimum atomic E-state index is -0.238. The van der Waals surface area contributed by atoms with Crippen molar-refractivity contribution in [2.45, 2.75) is 39.5 Å². The molecule has 2 heteroatoms. The molecule has 22 heavy (non-hydrogen) atoms. The molecule has 2 aromatic carbocycles. The molecule has 2 aromatic rings. The highest BCUT2D eigenvalue weighted by Gasteiger charge is 2.22. The van der Waals surface area contributed by atoms with Crippen molar-refractivity contribution in [3.05, 3.63) is 70.8 Å². The molecule has 0 aromatic heterocycles. The number of hydrogen-bond donors (Lipinski definition) is 1. The van der Waals surface area contributed by atoms with Crippen LogP contribution in [-0.4, -0.2) is 12.5 Å². The molecule has 0 heterocycles. The van der Waals surface area contributed by atoms with Crippen molar-refractivity contribution in [3.63, 3.8) is 0 Å². The fourth-order valence-corrected chi connectivity index (χ4v) is 2.50. The molecule has 0 radical (unpaired) electrons. The average Bonchev–Trinajstić information content (AvgIpc) is 2.52. The Hall–Kier alpha value is -2.09. The summed E-state index contributed by atoms with van der Waals surface area (Å²) < 4.78 is 0. The van der Waals surface area contributed by atoms with E-state index in [2.05, 4.69) is 74.6 Å². The van der Waals surface area contributed by atoms with E-state index < -0.39 is 0 Å². The summed E-state index contributed by atoms with van der Waals surface area (Å²) in [6.45, 7) is 6.99. The molecule has 0 saturated carbocycles. The summed E-state index contributed by atoms with van der Waals surface area (Å²) in [6, 6.07) is 16.5. The molecule has 1 N–H and O–H groups in total. The van der Waals surface area contributed by atoms with Crippen LogP contribution < -0.4 is 5.32 Å². The van der Waals surface area contributed by atoms with Crippen LogP contribution in [-0.2, 0) is 4.79 Å². The summed E-state index contributed by atoms with van der Waals surface area (Å²) >= 11 is 0. The third-order valence-corrected chi connectivity index (χ3v) is 3.91. The van der Waals surface area contributed by atoms with Gasteiger partial charge in [0.2, 0.25) is 5.91 Å². The van der Waals surface area contributed by atoms with Crippen LogP contribution in [0.1, 0.15) is 47.9 Å². The number of aryl methyl sites for hydroxylation is 2. The zero-order chi connectivity index (χ0) is 15.9. The Morgan fingerprint density at radius 2 is 1.36 bits per heavy atom. The van der Waals surface area contributed by atoms with Crippen LogP contribution in [0.4, 0.5) is 0 Å². The van der Waals surface area contributed by atoms with Crippen LogP contribution in [0.15, 0.2) is 48.5 Å². The molecule has 0 saturated heterocycles. The maximum Gasteiger partial charge on any atom is 0.232 e. The molecule has 0 spiro atoms. The lowest BCUT2D eigenvalue weighted by Gasteiger charge is -2.18. The third kappa shape index (κ3) is 4.20. The quantitative estimate of drug-likeness (QED) is 0.789. The van der Waals surface area contributed by atoms with E-state index in [0.717, 1.165) is 30.5 Å². The van der Waals surface area contributed by atoms with E-state index >= 15 is 0 Å². The van der Waals surface area contributed by atoms with E-state index in [9.17, 15) is 4.79 Å². The number of rotatable bonds is 6. The van der Waals surface area contributed by atoms with Gasteiger partial charge < -0.3 is 5.32 Å². The van der Waals surface area contributed by atoms with E-state index in [1.165, 1.54) is 11.1 Å². The monoisotopic (exact) mass is 295 g/mol. The number of hydrogen-bond acceptors (Lipinski definition) is 1. The maximum absolute atomic E-state index is 12.7.